The van der Waals surface area contributed by atoms with Crippen LogP contribution >= 0.6 is 0 Å². The summed E-state index contributed by atoms with van der Waals surface area (Å²) in [6.07, 6.45) is 0. The van der Waals surface area contributed by atoms with Gasteiger partial charge in [-0.05, 0) is 98.4 Å². The number of nitrogens with zero attached hydrogens (tertiary/aromatic N) is 1. The van der Waals surface area contributed by atoms with Gasteiger partial charge in [-0.15, -0.1) is 0 Å². The summed E-state index contributed by atoms with van der Waals surface area (Å²) in [5, 5.41) is 4.43. The molecule has 254 valence electrons. The Morgan fingerprint density at radius 1 is 0.315 bits per heavy atom. The van der Waals surface area contributed by atoms with Crippen molar-refractivity contribution in [1.29, 1.82) is 0 Å². The van der Waals surface area contributed by atoms with Crippen LogP contribution in [0.5, 0.6) is 0 Å². The molecule has 0 spiro atoms. The van der Waals surface area contributed by atoms with Gasteiger partial charge >= 0.3 is 0 Å². The molecule has 0 unspecified atom stereocenters. The summed E-state index contributed by atoms with van der Waals surface area (Å²) >= 11 is 0. The van der Waals surface area contributed by atoms with Gasteiger partial charge < -0.3 is 9.32 Å². The Morgan fingerprint density at radius 2 is 0.796 bits per heavy atom. The van der Waals surface area contributed by atoms with E-state index in [4.69, 9.17) is 4.42 Å². The molecule has 0 bridgehead atoms. The Morgan fingerprint density at radius 3 is 1.43 bits per heavy atom. The van der Waals surface area contributed by atoms with Crippen LogP contribution in [0.4, 0.5) is 17.1 Å². The van der Waals surface area contributed by atoms with Crippen molar-refractivity contribution in [3.05, 3.63) is 212 Å². The molecule has 1 aromatic heterocycles. The molecule has 0 atom stereocenters. The predicted molar refractivity (Wildman–Crippen MR) is 228 cm³/mol. The topological polar surface area (TPSA) is 16.4 Å². The van der Waals surface area contributed by atoms with Crippen LogP contribution in [0.3, 0.4) is 0 Å². The molecule has 0 aliphatic rings. The molecule has 0 N–H and O–H groups in total. The van der Waals surface area contributed by atoms with Crippen LogP contribution in [0.15, 0.2) is 217 Å². The summed E-state index contributed by atoms with van der Waals surface area (Å²) in [6, 6.07) is 75.7. The fourth-order valence-electron chi connectivity index (χ4n) is 7.75. The summed E-state index contributed by atoms with van der Waals surface area (Å²) in [6.45, 7) is 0. The number of fused-ring (bicyclic) bond motifs is 5. The minimum atomic E-state index is 0.883. The SMILES string of the molecule is c1ccc(-c2ccc(-c3ccc(N(c4cccc(-c5ccccc5)c4)c4cccc5ccc6c7ccc(-c8ccccc8)cc7oc6c45)cc3)cc2)cc1. The summed E-state index contributed by atoms with van der Waals surface area (Å²) in [5.74, 6) is 0. The Labute approximate surface area is 314 Å². The molecule has 0 amide bonds. The number of benzene rings is 9. The lowest BCUT2D eigenvalue weighted by Gasteiger charge is -2.27. The average molecular weight is 690 g/mol. The summed E-state index contributed by atoms with van der Waals surface area (Å²) in [4.78, 5) is 2.37. The van der Waals surface area contributed by atoms with Gasteiger partial charge in [0.25, 0.3) is 0 Å². The maximum atomic E-state index is 6.88. The van der Waals surface area contributed by atoms with Crippen LogP contribution in [-0.2, 0) is 0 Å². The Hall–Kier alpha value is -7.16. The predicted octanol–water partition coefficient (Wildman–Crippen LogP) is 14.9. The number of hydrogen-bond acceptors (Lipinski definition) is 2. The zero-order valence-electron chi connectivity index (χ0n) is 29.6. The maximum Gasteiger partial charge on any atom is 0.145 e. The van der Waals surface area contributed by atoms with E-state index < -0.39 is 0 Å². The Kier molecular flexibility index (Phi) is 7.85. The largest absolute Gasteiger partial charge is 0.455 e. The van der Waals surface area contributed by atoms with Gasteiger partial charge in [0.15, 0.2) is 0 Å². The van der Waals surface area contributed by atoms with Crippen molar-refractivity contribution in [2.45, 2.75) is 0 Å². The second kappa shape index (κ2) is 13.4. The highest BCUT2D eigenvalue weighted by molar-refractivity contribution is 6.19. The second-order valence-corrected chi connectivity index (χ2v) is 13.7. The van der Waals surface area contributed by atoms with Gasteiger partial charge in [-0.25, -0.2) is 0 Å². The van der Waals surface area contributed by atoms with Crippen molar-refractivity contribution in [3.8, 4) is 44.5 Å². The first-order chi connectivity index (χ1) is 26.8. The van der Waals surface area contributed by atoms with Gasteiger partial charge in [0.1, 0.15) is 11.2 Å². The van der Waals surface area contributed by atoms with E-state index in [2.05, 4.69) is 217 Å². The smallest absolute Gasteiger partial charge is 0.145 e. The molecule has 54 heavy (non-hydrogen) atoms. The highest BCUT2D eigenvalue weighted by Gasteiger charge is 2.20. The molecule has 10 aromatic rings. The average Bonchev–Trinajstić information content (AvgIpc) is 3.63. The molecule has 0 saturated carbocycles. The highest BCUT2D eigenvalue weighted by Crippen LogP contribution is 2.45. The maximum absolute atomic E-state index is 6.88. The normalized spacial score (nSPS) is 11.3. The quantitative estimate of drug-likeness (QED) is 0.166. The molecule has 10 rings (SSSR count). The molecular weight excluding hydrogens is 655 g/mol. The first-order valence-electron chi connectivity index (χ1n) is 18.4. The zero-order valence-corrected chi connectivity index (χ0v) is 29.6. The van der Waals surface area contributed by atoms with Crippen molar-refractivity contribution in [1.82, 2.24) is 0 Å². The Bertz CT molecular complexity index is 2890. The van der Waals surface area contributed by atoms with Gasteiger partial charge in [0, 0.05) is 27.5 Å². The molecule has 9 aromatic carbocycles. The second-order valence-electron chi connectivity index (χ2n) is 13.7. The van der Waals surface area contributed by atoms with Gasteiger partial charge in [-0.3, -0.25) is 0 Å². The fraction of sp³-hybridized carbons (Fsp3) is 0. The van der Waals surface area contributed by atoms with E-state index in [1.54, 1.807) is 0 Å². The van der Waals surface area contributed by atoms with E-state index in [0.29, 0.717) is 0 Å². The molecule has 0 aliphatic carbocycles. The third kappa shape index (κ3) is 5.71. The van der Waals surface area contributed by atoms with Crippen LogP contribution < -0.4 is 4.90 Å². The van der Waals surface area contributed by atoms with Crippen molar-refractivity contribution < 1.29 is 4.42 Å². The molecular formula is C52H35NO. The van der Waals surface area contributed by atoms with Crippen LogP contribution in [0.2, 0.25) is 0 Å². The third-order valence-corrected chi connectivity index (χ3v) is 10.5. The van der Waals surface area contributed by atoms with E-state index in [0.717, 1.165) is 60.9 Å². The van der Waals surface area contributed by atoms with Crippen molar-refractivity contribution >= 4 is 49.8 Å². The lowest BCUT2D eigenvalue weighted by atomic mass is 9.99. The van der Waals surface area contributed by atoms with Crippen LogP contribution in [0.25, 0.3) is 77.2 Å². The lowest BCUT2D eigenvalue weighted by molar-refractivity contribution is 0.673. The number of hydrogen-bond donors (Lipinski definition) is 0. The van der Waals surface area contributed by atoms with Crippen molar-refractivity contribution in [2.75, 3.05) is 4.90 Å². The van der Waals surface area contributed by atoms with E-state index >= 15 is 0 Å². The summed E-state index contributed by atoms with van der Waals surface area (Å²) in [7, 11) is 0. The van der Waals surface area contributed by atoms with Crippen molar-refractivity contribution in [3.63, 3.8) is 0 Å². The summed E-state index contributed by atoms with van der Waals surface area (Å²) < 4.78 is 6.88. The molecule has 2 nitrogen and oxygen atoms in total. The van der Waals surface area contributed by atoms with Gasteiger partial charge in [0.05, 0.1) is 5.69 Å². The monoisotopic (exact) mass is 689 g/mol. The van der Waals surface area contributed by atoms with Crippen molar-refractivity contribution in [2.24, 2.45) is 0 Å². The minimum absolute atomic E-state index is 0.883. The van der Waals surface area contributed by atoms with Crippen LogP contribution in [-0.4, -0.2) is 0 Å². The van der Waals surface area contributed by atoms with Crippen LogP contribution in [0.1, 0.15) is 0 Å². The first-order valence-corrected chi connectivity index (χ1v) is 18.4. The number of furan rings is 1. The van der Waals surface area contributed by atoms with Crippen LogP contribution in [0, 0.1) is 0 Å². The van der Waals surface area contributed by atoms with E-state index in [9.17, 15) is 0 Å². The molecule has 0 radical (unpaired) electrons. The van der Waals surface area contributed by atoms with Gasteiger partial charge in [-0.2, -0.15) is 0 Å². The van der Waals surface area contributed by atoms with Gasteiger partial charge in [0.2, 0.25) is 0 Å². The van der Waals surface area contributed by atoms with E-state index in [1.165, 1.54) is 33.4 Å². The Balaban J connectivity index is 1.13. The molecule has 1 heterocycles. The number of rotatable bonds is 7. The first kappa shape index (κ1) is 31.6. The third-order valence-electron chi connectivity index (χ3n) is 10.5. The molecule has 2 heteroatoms. The minimum Gasteiger partial charge on any atom is -0.455 e. The zero-order chi connectivity index (χ0) is 35.8. The number of anilines is 3. The van der Waals surface area contributed by atoms with E-state index in [1.807, 2.05) is 0 Å². The molecule has 0 aliphatic heterocycles. The lowest BCUT2D eigenvalue weighted by Crippen LogP contribution is -2.10. The van der Waals surface area contributed by atoms with E-state index in [-0.39, 0.29) is 0 Å². The fourth-order valence-corrected chi connectivity index (χ4v) is 7.75. The highest BCUT2D eigenvalue weighted by atomic mass is 16.3. The molecule has 0 fully saturated rings. The summed E-state index contributed by atoms with van der Waals surface area (Å²) in [5.41, 5.74) is 14.4. The standard InChI is InChI=1S/C52H35NO/c1-4-12-36(13-5-1)39-22-24-40(25-23-39)41-26-30-45(31-27-41)53(46-20-10-19-43(34-46)37-14-6-2-7-15-37)49-21-11-18-42-28-33-48-47-32-29-44(38-16-8-3-9-17-38)35-50(47)54-52(48)51(42)49/h1-35H. The molecule has 0 saturated heterocycles. The van der Waals surface area contributed by atoms with Gasteiger partial charge in [-0.1, -0.05) is 164 Å².